The van der Waals surface area contributed by atoms with Crippen LogP contribution in [0.5, 0.6) is 5.75 Å². The molecule has 0 bridgehead atoms. The average molecular weight is 289 g/mol. The number of fused-ring (bicyclic) bond motifs is 1. The van der Waals surface area contributed by atoms with E-state index in [1.54, 1.807) is 13.0 Å². The zero-order valence-corrected chi connectivity index (χ0v) is 12.0. The zero-order chi connectivity index (χ0) is 15.2. The minimum Gasteiger partial charge on any atom is -0.410 e. The summed E-state index contributed by atoms with van der Waals surface area (Å²) in [4.78, 5) is 13.0. The summed E-state index contributed by atoms with van der Waals surface area (Å²) in [6, 6.07) is 7.73. The lowest BCUT2D eigenvalue weighted by Crippen LogP contribution is -2.34. The fourth-order valence-corrected chi connectivity index (χ4v) is 2.48. The van der Waals surface area contributed by atoms with Crippen LogP contribution >= 0.6 is 0 Å². The van der Waals surface area contributed by atoms with Gasteiger partial charge in [0.05, 0.1) is 12.6 Å². The molecule has 0 heterocycles. The second kappa shape index (κ2) is 7.07. The van der Waals surface area contributed by atoms with Gasteiger partial charge in [-0.1, -0.05) is 6.07 Å². The first-order valence-corrected chi connectivity index (χ1v) is 7.00. The number of benzene rings is 1. The topological polar surface area (TPSA) is 85.6 Å². The molecule has 1 aliphatic carbocycles. The number of carbonyl (C=O) groups is 1. The van der Waals surface area contributed by atoms with Crippen LogP contribution in [0, 0.1) is 11.3 Å². The predicted molar refractivity (Wildman–Crippen MR) is 76.6 cm³/mol. The van der Waals surface area contributed by atoms with Crippen LogP contribution in [0.3, 0.4) is 0 Å². The molecule has 2 rings (SSSR count). The van der Waals surface area contributed by atoms with Crippen LogP contribution in [0.1, 0.15) is 30.5 Å². The highest BCUT2D eigenvalue weighted by Crippen LogP contribution is 2.33. The molecule has 0 saturated carbocycles. The van der Waals surface area contributed by atoms with E-state index in [4.69, 9.17) is 15.1 Å². The SMILES string of the molecule is CCN(CO)C(=O)Oc1ccc2c(c1)C(NCC#N)CC2. The van der Waals surface area contributed by atoms with Crippen molar-refractivity contribution < 1.29 is 14.6 Å². The molecule has 1 aliphatic rings. The number of aliphatic hydroxyl groups is 1. The molecule has 112 valence electrons. The van der Waals surface area contributed by atoms with E-state index < -0.39 is 6.09 Å². The van der Waals surface area contributed by atoms with Crippen molar-refractivity contribution in [2.45, 2.75) is 25.8 Å². The first kappa shape index (κ1) is 15.3. The standard InChI is InChI=1S/C15H19N3O3/c1-2-18(10-19)15(20)21-12-5-3-11-4-6-14(13(11)9-12)17-8-7-16/h3,5,9,14,17,19H,2,4,6,8,10H2,1H3. The van der Waals surface area contributed by atoms with Crippen molar-refractivity contribution in [3.8, 4) is 11.8 Å². The molecule has 1 amide bonds. The van der Waals surface area contributed by atoms with Crippen molar-refractivity contribution in [3.05, 3.63) is 29.3 Å². The van der Waals surface area contributed by atoms with Crippen LogP contribution in [0.25, 0.3) is 0 Å². The van der Waals surface area contributed by atoms with Crippen molar-refractivity contribution in [1.82, 2.24) is 10.2 Å². The van der Waals surface area contributed by atoms with E-state index in [2.05, 4.69) is 11.4 Å². The highest BCUT2D eigenvalue weighted by molar-refractivity contribution is 5.70. The average Bonchev–Trinajstić information content (AvgIpc) is 2.89. The van der Waals surface area contributed by atoms with E-state index in [1.807, 2.05) is 12.1 Å². The second-order valence-electron chi connectivity index (χ2n) is 4.86. The number of rotatable bonds is 5. The van der Waals surface area contributed by atoms with Crippen LogP contribution in [0.2, 0.25) is 0 Å². The zero-order valence-electron chi connectivity index (χ0n) is 12.0. The van der Waals surface area contributed by atoms with Crippen molar-refractivity contribution in [2.75, 3.05) is 19.8 Å². The Morgan fingerprint density at radius 1 is 1.62 bits per heavy atom. The van der Waals surface area contributed by atoms with E-state index in [9.17, 15) is 4.79 Å². The van der Waals surface area contributed by atoms with Gasteiger partial charge in [-0.05, 0) is 43.0 Å². The summed E-state index contributed by atoms with van der Waals surface area (Å²) in [6.45, 7) is 2.07. The van der Waals surface area contributed by atoms with Gasteiger partial charge in [-0.2, -0.15) is 5.26 Å². The summed E-state index contributed by atoms with van der Waals surface area (Å²) >= 11 is 0. The molecule has 0 spiro atoms. The van der Waals surface area contributed by atoms with Gasteiger partial charge in [-0.15, -0.1) is 0 Å². The number of hydrogen-bond acceptors (Lipinski definition) is 5. The van der Waals surface area contributed by atoms with Gasteiger partial charge >= 0.3 is 6.09 Å². The highest BCUT2D eigenvalue weighted by Gasteiger charge is 2.23. The quantitative estimate of drug-likeness (QED) is 0.634. The highest BCUT2D eigenvalue weighted by atomic mass is 16.6. The summed E-state index contributed by atoms with van der Waals surface area (Å²) in [6.07, 6.45) is 1.32. The van der Waals surface area contributed by atoms with Gasteiger partial charge in [0.25, 0.3) is 0 Å². The van der Waals surface area contributed by atoms with Crippen LogP contribution in [0.4, 0.5) is 4.79 Å². The molecule has 0 radical (unpaired) electrons. The molecule has 1 atom stereocenters. The number of amides is 1. The number of carbonyl (C=O) groups excluding carboxylic acids is 1. The van der Waals surface area contributed by atoms with Crippen molar-refractivity contribution in [2.24, 2.45) is 0 Å². The lowest BCUT2D eigenvalue weighted by molar-refractivity contribution is 0.0973. The molecular weight excluding hydrogens is 270 g/mol. The van der Waals surface area contributed by atoms with Crippen LogP contribution < -0.4 is 10.1 Å². The minimum atomic E-state index is -0.570. The Kier molecular flexibility index (Phi) is 5.14. The van der Waals surface area contributed by atoms with E-state index in [0.717, 1.165) is 18.4 Å². The lowest BCUT2D eigenvalue weighted by Gasteiger charge is -2.18. The van der Waals surface area contributed by atoms with E-state index in [-0.39, 0.29) is 12.8 Å². The molecule has 1 unspecified atom stereocenters. The molecule has 0 fully saturated rings. The van der Waals surface area contributed by atoms with Crippen LogP contribution in [-0.2, 0) is 6.42 Å². The van der Waals surface area contributed by atoms with Gasteiger partial charge in [-0.25, -0.2) is 4.79 Å². The Labute approximate surface area is 123 Å². The van der Waals surface area contributed by atoms with Crippen molar-refractivity contribution in [3.63, 3.8) is 0 Å². The number of nitriles is 1. The number of nitrogens with zero attached hydrogens (tertiary/aromatic N) is 2. The Balaban J connectivity index is 2.10. The summed E-state index contributed by atoms with van der Waals surface area (Å²) < 4.78 is 5.27. The van der Waals surface area contributed by atoms with Crippen molar-refractivity contribution >= 4 is 6.09 Å². The molecule has 0 saturated heterocycles. The number of aliphatic hydroxyl groups excluding tert-OH is 1. The number of ether oxygens (including phenoxy) is 1. The van der Waals surface area contributed by atoms with Gasteiger partial charge in [0.15, 0.2) is 0 Å². The fourth-order valence-electron chi connectivity index (χ4n) is 2.48. The molecule has 2 N–H and O–H groups in total. The molecule has 1 aromatic rings. The van der Waals surface area contributed by atoms with E-state index in [1.165, 1.54) is 10.5 Å². The maximum atomic E-state index is 11.8. The molecule has 1 aromatic carbocycles. The molecule has 0 aliphatic heterocycles. The maximum Gasteiger partial charge on any atom is 0.417 e. The minimum absolute atomic E-state index is 0.124. The first-order chi connectivity index (χ1) is 10.2. The normalized spacial score (nSPS) is 16.1. The summed E-state index contributed by atoms with van der Waals surface area (Å²) in [7, 11) is 0. The maximum absolute atomic E-state index is 11.8. The molecule has 6 nitrogen and oxygen atoms in total. The van der Waals surface area contributed by atoms with Gasteiger partial charge in [0.1, 0.15) is 12.5 Å². The molecular formula is C15H19N3O3. The van der Waals surface area contributed by atoms with Gasteiger partial charge < -0.3 is 9.84 Å². The van der Waals surface area contributed by atoms with E-state index >= 15 is 0 Å². The summed E-state index contributed by atoms with van der Waals surface area (Å²) in [5, 5.41) is 20.9. The Bertz CT molecular complexity index is 550. The number of hydrogen-bond donors (Lipinski definition) is 2. The molecule has 21 heavy (non-hydrogen) atoms. The van der Waals surface area contributed by atoms with Crippen LogP contribution in [0.15, 0.2) is 18.2 Å². The van der Waals surface area contributed by atoms with Gasteiger partial charge in [-0.3, -0.25) is 10.2 Å². The smallest absolute Gasteiger partial charge is 0.410 e. The fraction of sp³-hybridized carbons (Fsp3) is 0.467. The molecule has 0 aromatic heterocycles. The Hall–Kier alpha value is -2.10. The Morgan fingerprint density at radius 2 is 2.43 bits per heavy atom. The lowest BCUT2D eigenvalue weighted by atomic mass is 10.1. The third kappa shape index (κ3) is 3.51. The van der Waals surface area contributed by atoms with Crippen molar-refractivity contribution in [1.29, 1.82) is 5.26 Å². The largest absolute Gasteiger partial charge is 0.417 e. The number of aryl methyl sites for hydroxylation is 1. The first-order valence-electron chi connectivity index (χ1n) is 7.00. The Morgan fingerprint density at radius 3 is 3.10 bits per heavy atom. The monoisotopic (exact) mass is 289 g/mol. The summed E-state index contributed by atoms with van der Waals surface area (Å²) in [5.41, 5.74) is 2.28. The number of nitrogens with one attached hydrogen (secondary N) is 1. The third-order valence-electron chi connectivity index (χ3n) is 3.64. The third-order valence-corrected chi connectivity index (χ3v) is 3.64. The summed E-state index contributed by atoms with van der Waals surface area (Å²) in [5.74, 6) is 0.455. The van der Waals surface area contributed by atoms with Crippen LogP contribution in [-0.4, -0.2) is 35.9 Å². The second-order valence-corrected chi connectivity index (χ2v) is 4.86. The van der Waals surface area contributed by atoms with E-state index in [0.29, 0.717) is 18.8 Å². The predicted octanol–water partition coefficient (Wildman–Crippen LogP) is 1.56. The molecule has 6 heteroatoms. The van der Waals surface area contributed by atoms with Gasteiger partial charge in [0, 0.05) is 12.6 Å². The van der Waals surface area contributed by atoms with Gasteiger partial charge in [0.2, 0.25) is 0 Å².